The summed E-state index contributed by atoms with van der Waals surface area (Å²) in [6.07, 6.45) is -1.13. The molecule has 1 aromatic carbocycles. The Balaban J connectivity index is 1.80. The van der Waals surface area contributed by atoms with E-state index in [1.54, 1.807) is 26.8 Å². The van der Waals surface area contributed by atoms with Gasteiger partial charge in [0.2, 0.25) is 10.0 Å². The van der Waals surface area contributed by atoms with Gasteiger partial charge >= 0.3 is 6.18 Å². The average molecular weight is 516 g/mol. The molecule has 2 heterocycles. The number of benzene rings is 1. The second-order valence-electron chi connectivity index (χ2n) is 9.74. The minimum absolute atomic E-state index is 0.138. The highest BCUT2D eigenvalue weighted by molar-refractivity contribution is 7.92. The molecule has 0 radical (unpaired) electrons. The van der Waals surface area contributed by atoms with Crippen molar-refractivity contribution in [3.05, 3.63) is 35.4 Å². The van der Waals surface area contributed by atoms with E-state index in [0.717, 1.165) is 50.9 Å². The molecule has 1 saturated heterocycles. The molecule has 1 atom stereocenters. The second kappa shape index (κ2) is 10.3. The van der Waals surface area contributed by atoms with Crippen LogP contribution in [0.5, 0.6) is 0 Å². The molecule has 3 N–H and O–H groups in total. The van der Waals surface area contributed by atoms with E-state index in [0.29, 0.717) is 17.8 Å². The van der Waals surface area contributed by atoms with Crippen LogP contribution in [0.15, 0.2) is 24.3 Å². The summed E-state index contributed by atoms with van der Waals surface area (Å²) in [5.41, 5.74) is -0.783. The van der Waals surface area contributed by atoms with Crippen molar-refractivity contribution >= 4 is 21.5 Å². The van der Waals surface area contributed by atoms with Crippen LogP contribution in [-0.2, 0) is 16.2 Å². The fourth-order valence-corrected chi connectivity index (χ4v) is 4.62. The number of hydrogen-bond acceptors (Lipinski definition) is 7. The number of aryl methyl sites for hydroxylation is 1. The first-order valence-corrected chi connectivity index (χ1v) is 13.2. The lowest BCUT2D eigenvalue weighted by atomic mass is 10.0. The van der Waals surface area contributed by atoms with Crippen LogP contribution in [0.1, 0.15) is 44.2 Å². The zero-order valence-corrected chi connectivity index (χ0v) is 21.1. The van der Waals surface area contributed by atoms with Gasteiger partial charge in [0.15, 0.2) is 0 Å². The molecule has 0 saturated carbocycles. The molecule has 1 aromatic heterocycles. The maximum atomic E-state index is 13.2. The quantitative estimate of drug-likeness (QED) is 0.490. The van der Waals surface area contributed by atoms with Gasteiger partial charge in [-0.1, -0.05) is 6.07 Å². The molecule has 0 aliphatic carbocycles. The SMILES string of the molecule is Cc1cc(N[C@@H]2CCCN(CCC(C)(C)O)C2)nnc1-c1ccc(C(F)(F)F)cc1NS(C)(=O)=O. The molecule has 3 rings (SSSR count). The summed E-state index contributed by atoms with van der Waals surface area (Å²) in [6.45, 7) is 7.87. The Morgan fingerprint density at radius 3 is 2.51 bits per heavy atom. The number of nitrogens with one attached hydrogen (secondary N) is 2. The van der Waals surface area contributed by atoms with Gasteiger partial charge in [-0.3, -0.25) is 4.72 Å². The lowest BCUT2D eigenvalue weighted by Gasteiger charge is -2.34. The maximum Gasteiger partial charge on any atom is 0.416 e. The number of anilines is 2. The van der Waals surface area contributed by atoms with Crippen molar-refractivity contribution in [2.45, 2.75) is 57.9 Å². The predicted octanol–water partition coefficient (Wildman–Crippen LogP) is 3.88. The van der Waals surface area contributed by atoms with Crippen LogP contribution in [0, 0.1) is 6.92 Å². The fourth-order valence-electron chi connectivity index (χ4n) is 4.05. The minimum Gasteiger partial charge on any atom is -0.390 e. The number of piperidine rings is 1. The van der Waals surface area contributed by atoms with Crippen LogP contribution < -0.4 is 10.0 Å². The van der Waals surface area contributed by atoms with Gasteiger partial charge in [0.05, 0.1) is 28.8 Å². The number of nitrogens with zero attached hydrogens (tertiary/aromatic N) is 3. The van der Waals surface area contributed by atoms with E-state index in [1.807, 2.05) is 0 Å². The van der Waals surface area contributed by atoms with E-state index in [4.69, 9.17) is 0 Å². The van der Waals surface area contributed by atoms with Crippen molar-refractivity contribution in [2.24, 2.45) is 0 Å². The minimum atomic E-state index is -4.62. The summed E-state index contributed by atoms with van der Waals surface area (Å²) < 4.78 is 65.3. The number of rotatable bonds is 8. The number of likely N-dealkylation sites (tertiary alicyclic amines) is 1. The number of hydrogen-bond donors (Lipinski definition) is 3. The summed E-state index contributed by atoms with van der Waals surface area (Å²) in [6, 6.07) is 4.73. The fraction of sp³-hybridized carbons (Fsp3) is 0.565. The smallest absolute Gasteiger partial charge is 0.390 e. The molecule has 35 heavy (non-hydrogen) atoms. The van der Waals surface area contributed by atoms with Gasteiger partial charge in [0.25, 0.3) is 0 Å². The Morgan fingerprint density at radius 2 is 1.91 bits per heavy atom. The maximum absolute atomic E-state index is 13.2. The average Bonchev–Trinajstić information content (AvgIpc) is 2.71. The molecule has 12 heteroatoms. The first kappa shape index (κ1) is 27.2. The number of aliphatic hydroxyl groups is 1. The number of sulfonamides is 1. The van der Waals surface area contributed by atoms with E-state index in [9.17, 15) is 26.7 Å². The molecule has 1 aliphatic heterocycles. The van der Waals surface area contributed by atoms with Gasteiger partial charge in [0.1, 0.15) is 5.82 Å². The van der Waals surface area contributed by atoms with Crippen LogP contribution in [0.25, 0.3) is 11.3 Å². The Bertz CT molecular complexity index is 1150. The Kier molecular flexibility index (Phi) is 7.97. The zero-order chi connectivity index (χ0) is 26.0. The number of alkyl halides is 3. The predicted molar refractivity (Wildman–Crippen MR) is 130 cm³/mol. The van der Waals surface area contributed by atoms with Crippen molar-refractivity contribution < 1.29 is 26.7 Å². The Hall–Kier alpha value is -2.44. The third-order valence-corrected chi connectivity index (χ3v) is 6.37. The molecule has 0 unspecified atom stereocenters. The first-order valence-electron chi connectivity index (χ1n) is 11.4. The molecule has 0 spiro atoms. The van der Waals surface area contributed by atoms with Gasteiger partial charge in [-0.15, -0.1) is 10.2 Å². The highest BCUT2D eigenvalue weighted by atomic mass is 32.2. The molecular formula is C23H32F3N5O3S. The van der Waals surface area contributed by atoms with E-state index < -0.39 is 27.4 Å². The van der Waals surface area contributed by atoms with Crippen LogP contribution in [0.2, 0.25) is 0 Å². The molecule has 0 amide bonds. The Labute approximate surface area is 204 Å². The van der Waals surface area contributed by atoms with Gasteiger partial charge < -0.3 is 15.3 Å². The highest BCUT2D eigenvalue weighted by Gasteiger charge is 2.32. The molecule has 1 aliphatic rings. The van der Waals surface area contributed by atoms with Gasteiger partial charge in [0, 0.05) is 24.7 Å². The lowest BCUT2D eigenvalue weighted by molar-refractivity contribution is -0.137. The highest BCUT2D eigenvalue weighted by Crippen LogP contribution is 2.36. The largest absolute Gasteiger partial charge is 0.416 e. The monoisotopic (exact) mass is 515 g/mol. The summed E-state index contributed by atoms with van der Waals surface area (Å²) in [5, 5.41) is 21.8. The van der Waals surface area contributed by atoms with E-state index in [2.05, 4.69) is 25.1 Å². The van der Waals surface area contributed by atoms with Gasteiger partial charge in [-0.25, -0.2) is 8.42 Å². The van der Waals surface area contributed by atoms with Crippen molar-refractivity contribution in [3.8, 4) is 11.3 Å². The third kappa shape index (κ3) is 8.04. The summed E-state index contributed by atoms with van der Waals surface area (Å²) in [7, 11) is -3.83. The van der Waals surface area contributed by atoms with E-state index >= 15 is 0 Å². The summed E-state index contributed by atoms with van der Waals surface area (Å²) in [5.74, 6) is 0.533. The molecule has 8 nitrogen and oxygen atoms in total. The van der Waals surface area contributed by atoms with E-state index in [-0.39, 0.29) is 23.0 Å². The third-order valence-electron chi connectivity index (χ3n) is 5.78. The van der Waals surface area contributed by atoms with Crippen LogP contribution in [0.4, 0.5) is 24.7 Å². The van der Waals surface area contributed by atoms with Crippen molar-refractivity contribution in [3.63, 3.8) is 0 Å². The summed E-state index contributed by atoms with van der Waals surface area (Å²) >= 11 is 0. The van der Waals surface area contributed by atoms with Crippen LogP contribution in [0.3, 0.4) is 0 Å². The lowest BCUT2D eigenvalue weighted by Crippen LogP contribution is -2.43. The molecule has 2 aromatic rings. The first-order chi connectivity index (χ1) is 16.1. The van der Waals surface area contributed by atoms with E-state index in [1.165, 1.54) is 6.07 Å². The Morgan fingerprint density at radius 1 is 1.20 bits per heavy atom. The summed E-state index contributed by atoms with van der Waals surface area (Å²) in [4.78, 5) is 2.29. The van der Waals surface area contributed by atoms with Crippen molar-refractivity contribution in [1.29, 1.82) is 0 Å². The number of aromatic nitrogens is 2. The molecule has 194 valence electrons. The molecule has 0 bridgehead atoms. The molecule has 1 fully saturated rings. The second-order valence-corrected chi connectivity index (χ2v) is 11.5. The molecular weight excluding hydrogens is 483 g/mol. The van der Waals surface area contributed by atoms with Gasteiger partial charge in [-0.05, 0) is 70.3 Å². The topological polar surface area (TPSA) is 107 Å². The van der Waals surface area contributed by atoms with Crippen LogP contribution in [-0.4, -0.2) is 66.2 Å². The number of halogens is 3. The normalized spacial score (nSPS) is 17.9. The zero-order valence-electron chi connectivity index (χ0n) is 20.3. The van der Waals surface area contributed by atoms with Crippen molar-refractivity contribution in [2.75, 3.05) is 35.9 Å². The van der Waals surface area contributed by atoms with Gasteiger partial charge in [-0.2, -0.15) is 13.2 Å². The van der Waals surface area contributed by atoms with Crippen LogP contribution >= 0.6 is 0 Å². The standard InChI is InChI=1S/C23H32F3N5O3S/c1-15-12-20(27-17-6-5-10-31(14-17)11-9-22(2,3)32)28-29-21(15)18-8-7-16(23(24,25)26)13-19(18)30-35(4,33)34/h7-8,12-13,17,30,32H,5-6,9-11,14H2,1-4H3,(H,27,28)/t17-/m1/s1. The van der Waals surface area contributed by atoms with Crippen molar-refractivity contribution in [1.82, 2.24) is 15.1 Å².